The van der Waals surface area contributed by atoms with Crippen LogP contribution in [-0.4, -0.2) is 44.9 Å². The van der Waals surface area contributed by atoms with Gasteiger partial charge in [0.2, 0.25) is 5.91 Å². The van der Waals surface area contributed by atoms with Crippen molar-refractivity contribution in [1.29, 1.82) is 0 Å². The Labute approximate surface area is 175 Å². The van der Waals surface area contributed by atoms with Gasteiger partial charge in [0.15, 0.2) is 11.5 Å². The van der Waals surface area contributed by atoms with Crippen molar-refractivity contribution in [2.45, 2.75) is 25.5 Å². The molecule has 1 fully saturated rings. The van der Waals surface area contributed by atoms with Gasteiger partial charge >= 0.3 is 0 Å². The van der Waals surface area contributed by atoms with Gasteiger partial charge in [-0.25, -0.2) is 0 Å². The molecule has 8 heteroatoms. The summed E-state index contributed by atoms with van der Waals surface area (Å²) in [5.74, 6) is 1.44. The Morgan fingerprint density at radius 1 is 1.18 bits per heavy atom. The molecular weight excluding hydrogens is 400 g/mol. The van der Waals surface area contributed by atoms with Crippen molar-refractivity contribution in [2.75, 3.05) is 37.8 Å². The van der Waals surface area contributed by atoms with Gasteiger partial charge < -0.3 is 24.4 Å². The van der Waals surface area contributed by atoms with Crippen molar-refractivity contribution < 1.29 is 19.0 Å². The van der Waals surface area contributed by atoms with E-state index in [1.54, 1.807) is 16.2 Å². The predicted octanol–water partition coefficient (Wildman–Crippen LogP) is 3.24. The summed E-state index contributed by atoms with van der Waals surface area (Å²) in [5, 5.41) is 5.28. The van der Waals surface area contributed by atoms with Gasteiger partial charge in [-0.2, -0.15) is 0 Å². The average Bonchev–Trinajstić information content (AvgIpc) is 3.40. The second-order valence-corrected chi connectivity index (χ2v) is 7.69. The molecule has 4 rings (SSSR count). The minimum atomic E-state index is 0. The van der Waals surface area contributed by atoms with Gasteiger partial charge in [0.1, 0.15) is 13.2 Å². The van der Waals surface area contributed by atoms with E-state index in [-0.39, 0.29) is 31.0 Å². The molecule has 0 aliphatic carbocycles. The summed E-state index contributed by atoms with van der Waals surface area (Å²) in [5.41, 5.74) is 0.816. The van der Waals surface area contributed by atoms with E-state index in [4.69, 9.17) is 14.2 Å². The maximum absolute atomic E-state index is 13.0. The summed E-state index contributed by atoms with van der Waals surface area (Å²) in [4.78, 5) is 15.9. The quantitative estimate of drug-likeness (QED) is 0.739. The van der Waals surface area contributed by atoms with Crippen LogP contribution < -0.4 is 19.7 Å². The molecule has 2 aliphatic heterocycles. The first-order valence-corrected chi connectivity index (χ1v) is 10.2. The molecule has 1 atom stereocenters. The maximum atomic E-state index is 13.0. The number of benzene rings is 1. The predicted molar refractivity (Wildman–Crippen MR) is 112 cm³/mol. The molecule has 1 unspecified atom stereocenters. The molecule has 28 heavy (non-hydrogen) atoms. The Morgan fingerprint density at radius 3 is 2.79 bits per heavy atom. The first-order chi connectivity index (χ1) is 13.3. The number of amides is 1. The fourth-order valence-electron chi connectivity index (χ4n) is 3.32. The summed E-state index contributed by atoms with van der Waals surface area (Å²) in [7, 11) is 0. The molecule has 3 heterocycles. The normalized spacial score (nSPS) is 17.8. The number of halogens is 1. The van der Waals surface area contributed by atoms with Gasteiger partial charge in [-0.1, -0.05) is 6.07 Å². The molecule has 0 saturated carbocycles. The number of hydrogen-bond acceptors (Lipinski definition) is 6. The lowest BCUT2D eigenvalue weighted by Gasteiger charge is -2.25. The lowest BCUT2D eigenvalue weighted by Crippen LogP contribution is -2.40. The van der Waals surface area contributed by atoms with Crippen LogP contribution in [0.2, 0.25) is 0 Å². The third kappa shape index (κ3) is 5.17. The number of thiophene rings is 1. The van der Waals surface area contributed by atoms with E-state index in [0.717, 1.165) is 35.8 Å². The summed E-state index contributed by atoms with van der Waals surface area (Å²) in [6.45, 7) is 3.43. The largest absolute Gasteiger partial charge is 0.486 e. The SMILES string of the molecule is Cl.O=C(CNCC1CCCO1)N(Cc1cccs1)c1ccc2c(c1)OCCO2. The second-order valence-electron chi connectivity index (χ2n) is 6.65. The zero-order valence-corrected chi connectivity index (χ0v) is 17.2. The summed E-state index contributed by atoms with van der Waals surface area (Å²) in [6, 6.07) is 9.72. The van der Waals surface area contributed by atoms with Crippen LogP contribution in [0.1, 0.15) is 17.7 Å². The molecule has 1 saturated heterocycles. The van der Waals surface area contributed by atoms with E-state index in [1.807, 2.05) is 35.7 Å². The minimum Gasteiger partial charge on any atom is -0.486 e. The topological polar surface area (TPSA) is 60.0 Å². The van der Waals surface area contributed by atoms with Crippen LogP contribution in [0.4, 0.5) is 5.69 Å². The van der Waals surface area contributed by atoms with E-state index in [2.05, 4.69) is 5.32 Å². The Kier molecular flexibility index (Phi) is 7.56. The molecule has 0 spiro atoms. The summed E-state index contributed by atoms with van der Waals surface area (Å²) in [6.07, 6.45) is 2.38. The highest BCUT2D eigenvalue weighted by molar-refractivity contribution is 7.09. The van der Waals surface area contributed by atoms with E-state index in [9.17, 15) is 4.79 Å². The van der Waals surface area contributed by atoms with Gasteiger partial charge in [0, 0.05) is 29.8 Å². The van der Waals surface area contributed by atoms with Crippen LogP contribution in [-0.2, 0) is 16.1 Å². The van der Waals surface area contributed by atoms with Crippen molar-refractivity contribution in [3.63, 3.8) is 0 Å². The third-order valence-corrected chi connectivity index (χ3v) is 5.57. The standard InChI is InChI=1S/C20H24N2O4S.ClH/c23-20(13-21-12-16-3-1-7-24-16)22(14-17-4-2-10-27-17)15-5-6-18-19(11-15)26-9-8-25-18;/h2,4-6,10-11,16,21H,1,3,7-9,12-14H2;1H. The number of nitrogens with zero attached hydrogens (tertiary/aromatic N) is 1. The highest BCUT2D eigenvalue weighted by atomic mass is 35.5. The number of rotatable bonds is 7. The molecule has 1 amide bonds. The first kappa shape index (κ1) is 20.9. The van der Waals surface area contributed by atoms with E-state index in [0.29, 0.717) is 32.1 Å². The van der Waals surface area contributed by atoms with Crippen molar-refractivity contribution in [2.24, 2.45) is 0 Å². The molecular formula is C20H25ClN2O4S. The fourth-order valence-corrected chi connectivity index (χ4v) is 4.02. The van der Waals surface area contributed by atoms with Gasteiger partial charge in [-0.3, -0.25) is 4.79 Å². The lowest BCUT2D eigenvalue weighted by atomic mass is 10.2. The van der Waals surface area contributed by atoms with E-state index in [1.165, 1.54) is 0 Å². The van der Waals surface area contributed by atoms with Crippen LogP contribution in [0.3, 0.4) is 0 Å². The van der Waals surface area contributed by atoms with Gasteiger partial charge in [0.25, 0.3) is 0 Å². The van der Waals surface area contributed by atoms with E-state index < -0.39 is 0 Å². The molecule has 2 aliphatic rings. The molecule has 1 aromatic carbocycles. The molecule has 0 radical (unpaired) electrons. The number of carbonyl (C=O) groups is 1. The number of fused-ring (bicyclic) bond motifs is 1. The van der Waals surface area contributed by atoms with Crippen LogP contribution in [0.5, 0.6) is 11.5 Å². The number of ether oxygens (including phenoxy) is 3. The number of nitrogens with one attached hydrogen (secondary N) is 1. The van der Waals surface area contributed by atoms with Gasteiger partial charge in [0.05, 0.1) is 19.2 Å². The molecule has 2 aromatic rings. The highest BCUT2D eigenvalue weighted by Crippen LogP contribution is 2.34. The maximum Gasteiger partial charge on any atom is 0.241 e. The number of anilines is 1. The summed E-state index contributed by atoms with van der Waals surface area (Å²) >= 11 is 1.65. The third-order valence-electron chi connectivity index (χ3n) is 4.70. The number of carbonyl (C=O) groups excluding carboxylic acids is 1. The molecule has 0 bridgehead atoms. The van der Waals surface area contributed by atoms with Crippen molar-refractivity contribution >= 4 is 35.3 Å². The summed E-state index contributed by atoms with van der Waals surface area (Å²) < 4.78 is 16.9. The van der Waals surface area contributed by atoms with Gasteiger partial charge in [-0.05, 0) is 36.4 Å². The van der Waals surface area contributed by atoms with Crippen molar-refractivity contribution in [3.8, 4) is 11.5 Å². The Bertz CT molecular complexity index is 766. The first-order valence-electron chi connectivity index (χ1n) is 9.34. The zero-order chi connectivity index (χ0) is 18.5. The monoisotopic (exact) mass is 424 g/mol. The number of hydrogen-bond donors (Lipinski definition) is 1. The molecule has 1 N–H and O–H groups in total. The molecule has 152 valence electrons. The minimum absolute atomic E-state index is 0. The highest BCUT2D eigenvalue weighted by Gasteiger charge is 2.21. The molecule has 6 nitrogen and oxygen atoms in total. The average molecular weight is 425 g/mol. The van der Waals surface area contributed by atoms with Crippen LogP contribution in [0, 0.1) is 0 Å². The fraction of sp³-hybridized carbons (Fsp3) is 0.450. The van der Waals surface area contributed by atoms with Crippen molar-refractivity contribution in [1.82, 2.24) is 5.32 Å². The van der Waals surface area contributed by atoms with Crippen molar-refractivity contribution in [3.05, 3.63) is 40.6 Å². The van der Waals surface area contributed by atoms with Crippen LogP contribution >= 0.6 is 23.7 Å². The van der Waals surface area contributed by atoms with E-state index >= 15 is 0 Å². The lowest BCUT2D eigenvalue weighted by molar-refractivity contribution is -0.118. The smallest absolute Gasteiger partial charge is 0.241 e. The Hall–Kier alpha value is -1.80. The second kappa shape index (κ2) is 10.1. The Balaban J connectivity index is 0.00000225. The molecule has 1 aromatic heterocycles. The van der Waals surface area contributed by atoms with Crippen LogP contribution in [0.15, 0.2) is 35.7 Å². The zero-order valence-electron chi connectivity index (χ0n) is 15.6. The van der Waals surface area contributed by atoms with Crippen LogP contribution in [0.25, 0.3) is 0 Å². The van der Waals surface area contributed by atoms with Gasteiger partial charge in [-0.15, -0.1) is 23.7 Å². The Morgan fingerprint density at radius 2 is 2.04 bits per heavy atom.